The highest BCUT2D eigenvalue weighted by Gasteiger charge is 2.41. The van der Waals surface area contributed by atoms with Gasteiger partial charge >= 0.3 is 5.97 Å². The molecule has 1 aliphatic heterocycles. The van der Waals surface area contributed by atoms with Crippen molar-refractivity contribution in [1.29, 1.82) is 0 Å². The van der Waals surface area contributed by atoms with E-state index in [2.05, 4.69) is 10.1 Å². The van der Waals surface area contributed by atoms with Crippen LogP contribution in [0.2, 0.25) is 0 Å². The average Bonchev–Trinajstić information content (AvgIpc) is 3.08. The molecule has 3 rings (SSSR count). The molecular weight excluding hydrogens is 286 g/mol. The highest BCUT2D eigenvalue weighted by molar-refractivity contribution is 5.80. The fourth-order valence-electron chi connectivity index (χ4n) is 2.77. The first kappa shape index (κ1) is 15.0. The third-order valence-corrected chi connectivity index (χ3v) is 4.55. The van der Waals surface area contributed by atoms with Gasteiger partial charge in [-0.2, -0.15) is 4.98 Å². The maximum atomic E-state index is 12.1. The van der Waals surface area contributed by atoms with Gasteiger partial charge in [0.05, 0.1) is 5.41 Å². The van der Waals surface area contributed by atoms with Gasteiger partial charge in [0.15, 0.2) is 5.82 Å². The first-order valence-corrected chi connectivity index (χ1v) is 7.81. The second kappa shape index (κ2) is 5.70. The molecule has 1 aliphatic carbocycles. The van der Waals surface area contributed by atoms with E-state index in [0.717, 1.165) is 18.7 Å². The van der Waals surface area contributed by atoms with Crippen molar-refractivity contribution >= 4 is 11.9 Å². The monoisotopic (exact) mass is 307 g/mol. The molecule has 1 atom stereocenters. The fourth-order valence-corrected chi connectivity index (χ4v) is 2.77. The second-order valence-electron chi connectivity index (χ2n) is 6.61. The number of hydrogen-bond donors (Lipinski definition) is 1. The summed E-state index contributed by atoms with van der Waals surface area (Å²) in [6.45, 7) is 2.52. The van der Waals surface area contributed by atoms with Gasteiger partial charge in [0.2, 0.25) is 11.8 Å². The molecule has 1 saturated heterocycles. The van der Waals surface area contributed by atoms with Gasteiger partial charge in [0.1, 0.15) is 0 Å². The van der Waals surface area contributed by atoms with Crippen molar-refractivity contribution in [3.05, 3.63) is 11.7 Å². The van der Waals surface area contributed by atoms with E-state index in [1.807, 2.05) is 0 Å². The van der Waals surface area contributed by atoms with Crippen molar-refractivity contribution in [3.63, 3.8) is 0 Å². The van der Waals surface area contributed by atoms with Crippen LogP contribution in [0.15, 0.2) is 4.52 Å². The number of aliphatic carboxylic acids is 1. The number of hydrogen-bond acceptors (Lipinski definition) is 5. The van der Waals surface area contributed by atoms with Crippen LogP contribution in [0.5, 0.6) is 0 Å². The molecule has 1 saturated carbocycles. The Morgan fingerprint density at radius 2 is 2.23 bits per heavy atom. The van der Waals surface area contributed by atoms with Gasteiger partial charge in [-0.1, -0.05) is 5.16 Å². The zero-order chi connectivity index (χ0) is 15.7. The molecule has 1 aromatic heterocycles. The molecule has 2 fully saturated rings. The molecule has 0 spiro atoms. The van der Waals surface area contributed by atoms with E-state index >= 15 is 0 Å². The van der Waals surface area contributed by atoms with E-state index in [9.17, 15) is 14.7 Å². The first-order valence-electron chi connectivity index (χ1n) is 7.81. The maximum absolute atomic E-state index is 12.1. The molecule has 22 heavy (non-hydrogen) atoms. The van der Waals surface area contributed by atoms with Crippen molar-refractivity contribution in [1.82, 2.24) is 15.0 Å². The maximum Gasteiger partial charge on any atom is 0.311 e. The minimum absolute atomic E-state index is 0.00640. The van der Waals surface area contributed by atoms with Crippen LogP contribution < -0.4 is 0 Å². The zero-order valence-electron chi connectivity index (χ0n) is 12.7. The number of carboxylic acids is 1. The Kier molecular flexibility index (Phi) is 3.88. The third-order valence-electron chi connectivity index (χ3n) is 4.55. The van der Waals surface area contributed by atoms with Gasteiger partial charge in [-0.3, -0.25) is 9.59 Å². The van der Waals surface area contributed by atoms with Crippen molar-refractivity contribution in [2.75, 3.05) is 13.1 Å². The highest BCUT2D eigenvalue weighted by atomic mass is 16.5. The van der Waals surface area contributed by atoms with Gasteiger partial charge in [-0.25, -0.2) is 0 Å². The molecule has 0 bridgehead atoms. The van der Waals surface area contributed by atoms with E-state index in [4.69, 9.17) is 4.52 Å². The lowest BCUT2D eigenvalue weighted by atomic mass is 9.90. The zero-order valence-corrected chi connectivity index (χ0v) is 12.7. The molecule has 7 nitrogen and oxygen atoms in total. The van der Waals surface area contributed by atoms with Crippen molar-refractivity contribution < 1.29 is 19.2 Å². The van der Waals surface area contributed by atoms with Crippen LogP contribution in [0.1, 0.15) is 56.7 Å². The fraction of sp³-hybridized carbons (Fsp3) is 0.733. The SMILES string of the molecule is C[C@@]1(C(=O)O)CCN(C(=O)CCCc2nc(C3CC3)no2)C1. The minimum atomic E-state index is -0.832. The minimum Gasteiger partial charge on any atom is -0.481 e. The summed E-state index contributed by atoms with van der Waals surface area (Å²) in [6, 6.07) is 0. The lowest BCUT2D eigenvalue weighted by molar-refractivity contribution is -0.147. The molecular formula is C15H21N3O4. The first-order chi connectivity index (χ1) is 10.5. The van der Waals surface area contributed by atoms with E-state index in [1.54, 1.807) is 11.8 Å². The van der Waals surface area contributed by atoms with Gasteiger partial charge < -0.3 is 14.5 Å². The summed E-state index contributed by atoms with van der Waals surface area (Å²) in [5.41, 5.74) is -0.804. The molecule has 0 aromatic carbocycles. The van der Waals surface area contributed by atoms with Crippen LogP contribution in [-0.2, 0) is 16.0 Å². The number of carbonyl (C=O) groups is 2. The quantitative estimate of drug-likeness (QED) is 0.857. The number of rotatable bonds is 6. The molecule has 0 unspecified atom stereocenters. The van der Waals surface area contributed by atoms with Crippen LogP contribution in [0.4, 0.5) is 0 Å². The van der Waals surface area contributed by atoms with Crippen molar-refractivity contribution in [2.45, 2.75) is 51.4 Å². The summed E-state index contributed by atoms with van der Waals surface area (Å²) in [6.07, 6.45) is 4.41. The smallest absolute Gasteiger partial charge is 0.311 e. The lowest BCUT2D eigenvalue weighted by Gasteiger charge is -2.20. The van der Waals surface area contributed by atoms with E-state index in [-0.39, 0.29) is 5.91 Å². The lowest BCUT2D eigenvalue weighted by Crippen LogP contribution is -2.34. The summed E-state index contributed by atoms with van der Waals surface area (Å²) in [5.74, 6) is 1.02. The Labute approximate surface area is 128 Å². The Morgan fingerprint density at radius 3 is 2.86 bits per heavy atom. The van der Waals surface area contributed by atoms with Crippen molar-refractivity contribution in [2.24, 2.45) is 5.41 Å². The molecule has 120 valence electrons. The molecule has 1 amide bonds. The number of nitrogens with zero attached hydrogens (tertiary/aromatic N) is 3. The number of aryl methyl sites for hydroxylation is 1. The molecule has 1 aromatic rings. The summed E-state index contributed by atoms with van der Waals surface area (Å²) in [7, 11) is 0. The van der Waals surface area contributed by atoms with Crippen LogP contribution in [0.3, 0.4) is 0 Å². The molecule has 1 N–H and O–H groups in total. The number of aromatic nitrogens is 2. The average molecular weight is 307 g/mol. The molecule has 7 heteroatoms. The largest absolute Gasteiger partial charge is 0.481 e. The predicted molar refractivity (Wildman–Crippen MR) is 76.2 cm³/mol. The van der Waals surface area contributed by atoms with Gasteiger partial charge in [-0.15, -0.1) is 0 Å². The van der Waals surface area contributed by atoms with Gasteiger partial charge in [0.25, 0.3) is 0 Å². The van der Waals surface area contributed by atoms with Gasteiger partial charge in [0, 0.05) is 31.8 Å². The molecule has 0 radical (unpaired) electrons. The van der Waals surface area contributed by atoms with Crippen LogP contribution >= 0.6 is 0 Å². The third kappa shape index (κ3) is 3.13. The van der Waals surface area contributed by atoms with E-state index in [0.29, 0.717) is 50.6 Å². The Bertz CT molecular complexity index is 581. The summed E-state index contributed by atoms with van der Waals surface area (Å²) in [4.78, 5) is 29.3. The van der Waals surface area contributed by atoms with E-state index < -0.39 is 11.4 Å². The Hall–Kier alpha value is -1.92. The van der Waals surface area contributed by atoms with Gasteiger partial charge in [-0.05, 0) is 32.6 Å². The number of amides is 1. The van der Waals surface area contributed by atoms with Crippen LogP contribution in [0, 0.1) is 5.41 Å². The van der Waals surface area contributed by atoms with Crippen LogP contribution in [0.25, 0.3) is 0 Å². The second-order valence-corrected chi connectivity index (χ2v) is 6.61. The highest BCUT2D eigenvalue weighted by Crippen LogP contribution is 2.38. The summed E-state index contributed by atoms with van der Waals surface area (Å²) < 4.78 is 5.17. The molecule has 2 heterocycles. The topological polar surface area (TPSA) is 96.5 Å². The normalized spacial score (nSPS) is 24.7. The Morgan fingerprint density at radius 1 is 1.45 bits per heavy atom. The van der Waals surface area contributed by atoms with Crippen molar-refractivity contribution in [3.8, 4) is 0 Å². The number of likely N-dealkylation sites (tertiary alicyclic amines) is 1. The molecule has 2 aliphatic rings. The van der Waals surface area contributed by atoms with Crippen LogP contribution in [-0.4, -0.2) is 45.1 Å². The van der Waals surface area contributed by atoms with E-state index in [1.165, 1.54) is 0 Å². The number of carbonyl (C=O) groups excluding carboxylic acids is 1. The standard InChI is InChI=1S/C15H21N3O4/c1-15(14(20)21)7-8-18(9-15)12(19)4-2-3-11-16-13(17-22-11)10-5-6-10/h10H,2-9H2,1H3,(H,20,21)/t15-/m1/s1. The number of carboxylic acid groups (broad SMARTS) is 1. The Balaban J connectivity index is 1.43. The predicted octanol–water partition coefficient (Wildman–Crippen LogP) is 1.59. The summed E-state index contributed by atoms with van der Waals surface area (Å²) in [5, 5.41) is 13.1. The summed E-state index contributed by atoms with van der Waals surface area (Å²) >= 11 is 0.